The van der Waals surface area contributed by atoms with Crippen LogP contribution in [-0.2, 0) is 0 Å². The van der Waals surface area contributed by atoms with Gasteiger partial charge >= 0.3 is 0 Å². The molecule has 0 spiro atoms. The lowest BCUT2D eigenvalue weighted by atomic mass is 10.0. The molecule has 0 bridgehead atoms. The van der Waals surface area contributed by atoms with Gasteiger partial charge in [-0.3, -0.25) is 0 Å². The smallest absolute Gasteiger partial charge is 0.137 e. The summed E-state index contributed by atoms with van der Waals surface area (Å²) in [4.78, 5) is 7.49. The Hall–Kier alpha value is -5.75. The van der Waals surface area contributed by atoms with E-state index in [9.17, 15) is 0 Å². The van der Waals surface area contributed by atoms with Crippen LogP contribution >= 0.6 is 22.7 Å². The molecule has 0 unspecified atom stereocenters. The lowest BCUT2D eigenvalue weighted by Crippen LogP contribution is -2.10. The van der Waals surface area contributed by atoms with Crippen molar-refractivity contribution in [2.45, 2.75) is 0 Å². The zero-order valence-corrected chi connectivity index (χ0v) is 27.3. The second kappa shape index (κ2) is 10.9. The van der Waals surface area contributed by atoms with Crippen molar-refractivity contribution in [2.75, 3.05) is 4.90 Å². The number of thiophene rings is 1. The second-order valence-electron chi connectivity index (χ2n) is 12.0. The number of aromatic nitrogens is 1. The molecule has 48 heavy (non-hydrogen) atoms. The predicted octanol–water partition coefficient (Wildman–Crippen LogP) is 13.4. The minimum absolute atomic E-state index is 0.846. The highest BCUT2D eigenvalue weighted by atomic mass is 32.1. The molecule has 0 aliphatic heterocycles. The first-order chi connectivity index (χ1) is 23.8. The van der Waals surface area contributed by atoms with Gasteiger partial charge in [0, 0.05) is 43.9 Å². The van der Waals surface area contributed by atoms with Crippen LogP contribution in [0, 0.1) is 0 Å². The molecule has 3 heterocycles. The Morgan fingerprint density at radius 1 is 0.479 bits per heavy atom. The van der Waals surface area contributed by atoms with E-state index in [-0.39, 0.29) is 0 Å². The van der Waals surface area contributed by atoms with Gasteiger partial charge in [0.25, 0.3) is 0 Å². The molecule has 3 nitrogen and oxygen atoms in total. The van der Waals surface area contributed by atoms with Gasteiger partial charge in [-0.2, -0.15) is 0 Å². The molecule has 0 atom stereocenters. The van der Waals surface area contributed by atoms with E-state index < -0.39 is 0 Å². The molecular formula is C43H26N2OS2. The monoisotopic (exact) mass is 650 g/mol. The van der Waals surface area contributed by atoms with E-state index in [2.05, 4.69) is 157 Å². The molecule has 3 aromatic heterocycles. The zero-order valence-electron chi connectivity index (χ0n) is 25.6. The van der Waals surface area contributed by atoms with Crippen LogP contribution in [0.15, 0.2) is 162 Å². The molecule has 10 rings (SSSR count). The van der Waals surface area contributed by atoms with Gasteiger partial charge in [-0.15, -0.1) is 22.7 Å². The van der Waals surface area contributed by atoms with E-state index >= 15 is 0 Å². The predicted molar refractivity (Wildman–Crippen MR) is 205 cm³/mol. The first-order valence-corrected chi connectivity index (χ1v) is 17.6. The molecule has 5 heteroatoms. The van der Waals surface area contributed by atoms with Crippen molar-refractivity contribution in [3.63, 3.8) is 0 Å². The Kier molecular flexibility index (Phi) is 6.22. The highest BCUT2D eigenvalue weighted by molar-refractivity contribution is 7.26. The minimum Gasteiger partial charge on any atom is -0.456 e. The second-order valence-corrected chi connectivity index (χ2v) is 14.0. The van der Waals surface area contributed by atoms with Crippen LogP contribution in [0.1, 0.15) is 0 Å². The summed E-state index contributed by atoms with van der Waals surface area (Å²) < 4.78 is 10.3. The molecule has 0 amide bonds. The van der Waals surface area contributed by atoms with Crippen LogP contribution < -0.4 is 4.90 Å². The van der Waals surface area contributed by atoms with Crippen LogP contribution in [0.25, 0.3) is 74.0 Å². The van der Waals surface area contributed by atoms with Crippen molar-refractivity contribution in [3.8, 4) is 21.7 Å². The molecular weight excluding hydrogens is 625 g/mol. The maximum Gasteiger partial charge on any atom is 0.137 e. The lowest BCUT2D eigenvalue weighted by Gasteiger charge is -2.26. The number of anilines is 3. The first-order valence-electron chi connectivity index (χ1n) is 16.0. The summed E-state index contributed by atoms with van der Waals surface area (Å²) in [7, 11) is 0. The van der Waals surface area contributed by atoms with Crippen molar-refractivity contribution in [2.24, 2.45) is 0 Å². The molecule has 0 fully saturated rings. The molecule has 226 valence electrons. The molecule has 0 saturated heterocycles. The first kappa shape index (κ1) is 27.4. The fourth-order valence-electron chi connectivity index (χ4n) is 6.85. The molecule has 0 radical (unpaired) electrons. The van der Waals surface area contributed by atoms with E-state index in [0.717, 1.165) is 59.8 Å². The van der Waals surface area contributed by atoms with Crippen molar-refractivity contribution < 1.29 is 4.42 Å². The average molecular weight is 651 g/mol. The fourth-order valence-corrected chi connectivity index (χ4v) is 9.04. The molecule has 0 aliphatic carbocycles. The third kappa shape index (κ3) is 4.36. The van der Waals surface area contributed by atoms with Crippen molar-refractivity contribution in [1.29, 1.82) is 0 Å². The molecule has 0 N–H and O–H groups in total. The summed E-state index contributed by atoms with van der Waals surface area (Å²) in [5.41, 5.74) is 9.49. The van der Waals surface area contributed by atoms with Gasteiger partial charge in [0.15, 0.2) is 0 Å². The van der Waals surface area contributed by atoms with Gasteiger partial charge in [0.05, 0.1) is 26.0 Å². The minimum atomic E-state index is 0.846. The van der Waals surface area contributed by atoms with Crippen LogP contribution in [-0.4, -0.2) is 4.98 Å². The summed E-state index contributed by atoms with van der Waals surface area (Å²) in [6.45, 7) is 0. The van der Waals surface area contributed by atoms with Crippen molar-refractivity contribution in [1.82, 2.24) is 4.98 Å². The van der Waals surface area contributed by atoms with Crippen LogP contribution in [0.4, 0.5) is 17.1 Å². The van der Waals surface area contributed by atoms with Gasteiger partial charge < -0.3 is 9.32 Å². The number of hydrogen-bond donors (Lipinski definition) is 0. The fraction of sp³-hybridized carbons (Fsp3) is 0. The van der Waals surface area contributed by atoms with Crippen LogP contribution in [0.2, 0.25) is 0 Å². The number of hydrogen-bond acceptors (Lipinski definition) is 5. The summed E-state index contributed by atoms with van der Waals surface area (Å²) in [5, 5.41) is 5.71. The third-order valence-electron chi connectivity index (χ3n) is 9.11. The summed E-state index contributed by atoms with van der Waals surface area (Å²) >= 11 is 3.57. The van der Waals surface area contributed by atoms with E-state index in [1.807, 2.05) is 17.4 Å². The Bertz CT molecular complexity index is 2780. The van der Waals surface area contributed by atoms with Gasteiger partial charge in [0.2, 0.25) is 0 Å². The number of thiazole rings is 1. The van der Waals surface area contributed by atoms with Crippen LogP contribution in [0.3, 0.4) is 0 Å². The quantitative estimate of drug-likeness (QED) is 0.186. The topological polar surface area (TPSA) is 29.3 Å². The van der Waals surface area contributed by atoms with Gasteiger partial charge in [0.1, 0.15) is 16.2 Å². The van der Waals surface area contributed by atoms with Crippen molar-refractivity contribution >= 4 is 92.1 Å². The summed E-state index contributed by atoms with van der Waals surface area (Å²) in [6, 6.07) is 56.0. The maximum atomic E-state index is 6.59. The molecule has 0 saturated carbocycles. The van der Waals surface area contributed by atoms with E-state index in [1.165, 1.54) is 31.3 Å². The molecule has 7 aromatic carbocycles. The normalized spacial score (nSPS) is 11.8. The number of benzene rings is 7. The standard InChI is InChI=1S/C43H26N2OS2/c1-3-10-27(11-4-1)28-18-20-30(21-19-28)45(35-16-9-15-33-32-14-7-8-17-38(32)47-42(33)35)31-22-23-34-37(26-31)46-36-24-25-39-41(40(34)36)44-43(48-39)29-12-5-2-6-13-29/h1-26H. The number of furan rings is 1. The Labute approximate surface area is 284 Å². The number of nitrogens with zero attached hydrogens (tertiary/aromatic N) is 2. The van der Waals surface area contributed by atoms with E-state index in [4.69, 9.17) is 9.40 Å². The highest BCUT2D eigenvalue weighted by Gasteiger charge is 2.21. The lowest BCUT2D eigenvalue weighted by molar-refractivity contribution is 0.669. The van der Waals surface area contributed by atoms with Gasteiger partial charge in [-0.25, -0.2) is 4.98 Å². The van der Waals surface area contributed by atoms with E-state index in [0.29, 0.717) is 0 Å². The molecule has 10 aromatic rings. The Balaban J connectivity index is 1.17. The Morgan fingerprint density at radius 2 is 1.19 bits per heavy atom. The van der Waals surface area contributed by atoms with Gasteiger partial charge in [-0.1, -0.05) is 103 Å². The summed E-state index contributed by atoms with van der Waals surface area (Å²) in [6.07, 6.45) is 0. The number of fused-ring (bicyclic) bond motifs is 8. The van der Waals surface area contributed by atoms with Crippen molar-refractivity contribution in [3.05, 3.63) is 158 Å². The largest absolute Gasteiger partial charge is 0.456 e. The maximum absolute atomic E-state index is 6.59. The summed E-state index contributed by atoms with van der Waals surface area (Å²) in [5.74, 6) is 0. The van der Waals surface area contributed by atoms with E-state index in [1.54, 1.807) is 11.3 Å². The zero-order chi connectivity index (χ0) is 31.6. The highest BCUT2D eigenvalue weighted by Crippen LogP contribution is 2.46. The molecule has 0 aliphatic rings. The SMILES string of the molecule is c1ccc(-c2ccc(N(c3ccc4c(c3)oc3ccc5sc(-c6ccccc6)nc5c34)c3cccc4c3sc3ccccc34)cc2)cc1. The third-order valence-corrected chi connectivity index (χ3v) is 11.4. The number of rotatable bonds is 5. The Morgan fingerprint density at radius 3 is 2.02 bits per heavy atom. The average Bonchev–Trinajstić information content (AvgIpc) is 3.86. The van der Waals surface area contributed by atoms with Gasteiger partial charge in [-0.05, 0) is 59.7 Å². The van der Waals surface area contributed by atoms with Crippen LogP contribution in [0.5, 0.6) is 0 Å².